The second-order valence-electron chi connectivity index (χ2n) is 5.97. The fraction of sp³-hybridized carbons (Fsp3) is 1.00. The molecule has 0 amide bonds. The molecule has 14 heavy (non-hydrogen) atoms. The third-order valence-electron chi connectivity index (χ3n) is 4.47. The van der Waals surface area contributed by atoms with Crippen LogP contribution in [0.5, 0.6) is 0 Å². The molecule has 80 valence electrons. The molecule has 0 aromatic heterocycles. The summed E-state index contributed by atoms with van der Waals surface area (Å²) in [7, 11) is 0. The largest absolute Gasteiger partial charge is 0.378 e. The molecular weight excluding hydrogens is 172 g/mol. The summed E-state index contributed by atoms with van der Waals surface area (Å²) in [4.78, 5) is 0. The first-order valence-corrected chi connectivity index (χ1v) is 6.43. The molecule has 1 heteroatoms. The highest BCUT2D eigenvalue weighted by Crippen LogP contribution is 2.47. The molecule has 3 aliphatic rings. The number of rotatable bonds is 3. The highest BCUT2D eigenvalue weighted by Gasteiger charge is 2.40. The van der Waals surface area contributed by atoms with Gasteiger partial charge in [-0.1, -0.05) is 6.92 Å². The first-order valence-electron chi connectivity index (χ1n) is 6.43. The van der Waals surface area contributed by atoms with E-state index in [1.54, 1.807) is 0 Å². The van der Waals surface area contributed by atoms with Crippen LogP contribution < -0.4 is 0 Å². The van der Waals surface area contributed by atoms with E-state index in [1.807, 2.05) is 0 Å². The second-order valence-corrected chi connectivity index (χ2v) is 5.97. The smallest absolute Gasteiger partial charge is 0.0580 e. The molecule has 0 heterocycles. The molecule has 1 nitrogen and oxygen atoms in total. The average Bonchev–Trinajstić information content (AvgIpc) is 2.80. The fourth-order valence-electron chi connectivity index (χ4n) is 3.56. The molecule has 3 saturated carbocycles. The zero-order valence-corrected chi connectivity index (χ0v) is 9.24. The maximum Gasteiger partial charge on any atom is 0.0580 e. The van der Waals surface area contributed by atoms with Crippen molar-refractivity contribution in [3.8, 4) is 0 Å². The minimum Gasteiger partial charge on any atom is -0.378 e. The Morgan fingerprint density at radius 1 is 1.00 bits per heavy atom. The van der Waals surface area contributed by atoms with Crippen LogP contribution in [0, 0.1) is 23.7 Å². The fourth-order valence-corrected chi connectivity index (χ4v) is 3.56. The number of fused-ring (bicyclic) bond motifs is 1. The first-order chi connectivity index (χ1) is 6.81. The lowest BCUT2D eigenvalue weighted by atomic mass is 10.0. The molecule has 0 aromatic rings. The number of hydrogen-bond donors (Lipinski definition) is 0. The van der Waals surface area contributed by atoms with E-state index in [0.717, 1.165) is 30.3 Å². The lowest BCUT2D eigenvalue weighted by molar-refractivity contribution is 0.0444. The van der Waals surface area contributed by atoms with Crippen LogP contribution in [-0.2, 0) is 4.74 Å². The van der Waals surface area contributed by atoms with Crippen molar-refractivity contribution in [2.24, 2.45) is 23.7 Å². The average molecular weight is 194 g/mol. The summed E-state index contributed by atoms with van der Waals surface area (Å²) >= 11 is 0. The van der Waals surface area contributed by atoms with Gasteiger partial charge in [0.15, 0.2) is 0 Å². The van der Waals surface area contributed by atoms with Gasteiger partial charge in [0.2, 0.25) is 0 Å². The third-order valence-corrected chi connectivity index (χ3v) is 4.47. The van der Waals surface area contributed by atoms with Crippen LogP contribution in [-0.4, -0.2) is 12.7 Å². The minimum atomic E-state index is 0.637. The van der Waals surface area contributed by atoms with Crippen molar-refractivity contribution in [2.75, 3.05) is 6.61 Å². The molecule has 0 N–H and O–H groups in total. The van der Waals surface area contributed by atoms with Crippen molar-refractivity contribution in [3.63, 3.8) is 0 Å². The van der Waals surface area contributed by atoms with E-state index in [-0.39, 0.29) is 0 Å². The van der Waals surface area contributed by atoms with E-state index < -0.39 is 0 Å². The molecule has 0 aliphatic heterocycles. The van der Waals surface area contributed by atoms with E-state index in [9.17, 15) is 0 Å². The van der Waals surface area contributed by atoms with E-state index in [1.165, 1.54) is 38.5 Å². The second kappa shape index (κ2) is 3.52. The molecule has 0 radical (unpaired) electrons. The molecule has 0 aromatic carbocycles. The van der Waals surface area contributed by atoms with Gasteiger partial charge in [0, 0.05) is 6.61 Å². The van der Waals surface area contributed by atoms with Crippen LogP contribution in [0.25, 0.3) is 0 Å². The minimum absolute atomic E-state index is 0.637. The maximum atomic E-state index is 6.00. The van der Waals surface area contributed by atoms with Crippen molar-refractivity contribution in [2.45, 2.75) is 51.6 Å². The van der Waals surface area contributed by atoms with Crippen molar-refractivity contribution < 1.29 is 4.74 Å². The van der Waals surface area contributed by atoms with Crippen LogP contribution in [0.1, 0.15) is 45.4 Å². The highest BCUT2D eigenvalue weighted by atomic mass is 16.5. The van der Waals surface area contributed by atoms with Crippen LogP contribution in [0.15, 0.2) is 0 Å². The van der Waals surface area contributed by atoms with Crippen molar-refractivity contribution in [3.05, 3.63) is 0 Å². The summed E-state index contributed by atoms with van der Waals surface area (Å²) in [5.74, 6) is 3.98. The van der Waals surface area contributed by atoms with Gasteiger partial charge in [0.1, 0.15) is 0 Å². The summed E-state index contributed by atoms with van der Waals surface area (Å²) in [6.45, 7) is 3.48. The SMILES string of the molecule is C[C@H]1CC2C[C@@H](OCC3CC3)CC2C1. The van der Waals surface area contributed by atoms with Gasteiger partial charge in [-0.3, -0.25) is 0 Å². The molecule has 0 saturated heterocycles. The summed E-state index contributed by atoms with van der Waals surface area (Å²) < 4.78 is 6.00. The molecule has 3 fully saturated rings. The van der Waals surface area contributed by atoms with E-state index in [0.29, 0.717) is 6.10 Å². The van der Waals surface area contributed by atoms with Crippen LogP contribution in [0.4, 0.5) is 0 Å². The van der Waals surface area contributed by atoms with Crippen molar-refractivity contribution >= 4 is 0 Å². The van der Waals surface area contributed by atoms with Gasteiger partial charge >= 0.3 is 0 Å². The third kappa shape index (κ3) is 1.84. The summed E-state index contributed by atoms with van der Waals surface area (Å²) in [5.41, 5.74) is 0. The van der Waals surface area contributed by atoms with Crippen LogP contribution in [0.2, 0.25) is 0 Å². The molecule has 2 atom stereocenters. The molecular formula is C13H22O. The Labute approximate surface area is 87.2 Å². The maximum absolute atomic E-state index is 6.00. The van der Waals surface area contributed by atoms with Gasteiger partial charge < -0.3 is 4.74 Å². The monoisotopic (exact) mass is 194 g/mol. The first kappa shape index (κ1) is 9.21. The Hall–Kier alpha value is -0.0400. The summed E-state index contributed by atoms with van der Waals surface area (Å²) in [6.07, 6.45) is 9.21. The standard InChI is InChI=1S/C13H22O/c1-9-4-11-6-13(7-12(11)5-9)14-8-10-2-3-10/h9-13H,2-8H2,1H3/t9-,11?,12?,13+. The van der Waals surface area contributed by atoms with E-state index in [4.69, 9.17) is 4.74 Å². The van der Waals surface area contributed by atoms with Gasteiger partial charge in [-0.25, -0.2) is 0 Å². The zero-order chi connectivity index (χ0) is 9.54. The van der Waals surface area contributed by atoms with E-state index in [2.05, 4.69) is 6.92 Å². The Morgan fingerprint density at radius 2 is 1.64 bits per heavy atom. The molecule has 0 spiro atoms. The molecule has 0 bridgehead atoms. The lowest BCUT2D eigenvalue weighted by Gasteiger charge is -2.13. The number of ether oxygens (including phenoxy) is 1. The van der Waals surface area contributed by atoms with Crippen molar-refractivity contribution in [1.82, 2.24) is 0 Å². The Bertz CT molecular complexity index is 195. The van der Waals surface area contributed by atoms with Gasteiger partial charge in [-0.05, 0) is 62.2 Å². The van der Waals surface area contributed by atoms with Crippen LogP contribution in [0.3, 0.4) is 0 Å². The Kier molecular flexibility index (Phi) is 2.31. The molecule has 3 aliphatic carbocycles. The highest BCUT2D eigenvalue weighted by molar-refractivity contribution is 4.91. The zero-order valence-electron chi connectivity index (χ0n) is 9.24. The van der Waals surface area contributed by atoms with Gasteiger partial charge in [-0.2, -0.15) is 0 Å². The van der Waals surface area contributed by atoms with Crippen molar-refractivity contribution in [1.29, 1.82) is 0 Å². The van der Waals surface area contributed by atoms with Crippen LogP contribution >= 0.6 is 0 Å². The normalized spacial score (nSPS) is 46.9. The van der Waals surface area contributed by atoms with Gasteiger partial charge in [0.05, 0.1) is 6.10 Å². The summed E-state index contributed by atoms with van der Waals surface area (Å²) in [5, 5.41) is 0. The quantitative estimate of drug-likeness (QED) is 0.670. The lowest BCUT2D eigenvalue weighted by Crippen LogP contribution is -2.12. The van der Waals surface area contributed by atoms with E-state index >= 15 is 0 Å². The molecule has 2 unspecified atom stereocenters. The predicted octanol–water partition coefficient (Wildman–Crippen LogP) is 3.24. The predicted molar refractivity (Wildman–Crippen MR) is 57.1 cm³/mol. The van der Waals surface area contributed by atoms with Gasteiger partial charge in [0.25, 0.3) is 0 Å². The summed E-state index contributed by atoms with van der Waals surface area (Å²) in [6, 6.07) is 0. The molecule has 3 rings (SSSR count). The Balaban J connectivity index is 1.46. The topological polar surface area (TPSA) is 9.23 Å². The van der Waals surface area contributed by atoms with Gasteiger partial charge in [-0.15, -0.1) is 0 Å². The Morgan fingerprint density at radius 3 is 2.21 bits per heavy atom. The number of hydrogen-bond acceptors (Lipinski definition) is 1.